The Morgan fingerprint density at radius 2 is 1.64 bits per heavy atom. The van der Waals surface area contributed by atoms with Crippen LogP contribution in [-0.4, -0.2) is 11.2 Å². The Kier molecular flexibility index (Phi) is 6.14. The van der Waals surface area contributed by atoms with E-state index in [9.17, 15) is 26.3 Å². The minimum Gasteiger partial charge on any atom is -0.322 e. The first kappa shape index (κ1) is 19.5. The summed E-state index contributed by atoms with van der Waals surface area (Å²) >= 11 is 0.458. The van der Waals surface area contributed by atoms with Crippen LogP contribution >= 0.6 is 23.7 Å². The molecule has 1 saturated carbocycles. The average Bonchev–Trinajstić information content (AvgIpc) is 2.86. The summed E-state index contributed by atoms with van der Waals surface area (Å²) in [6, 6.07) is -0.744. The molecule has 1 aromatic heterocycles. The smallest absolute Gasteiger partial charge is 0.322 e. The Bertz CT molecular complexity index is 479. The predicted molar refractivity (Wildman–Crippen MR) is 72.8 cm³/mol. The van der Waals surface area contributed by atoms with Gasteiger partial charge in [-0.25, -0.2) is 4.98 Å². The third-order valence-corrected chi connectivity index (χ3v) is 4.75. The number of hydrogen-bond acceptors (Lipinski definition) is 3. The highest BCUT2D eigenvalue weighted by atomic mass is 35.5. The molecule has 2 nitrogen and oxygen atoms in total. The lowest BCUT2D eigenvalue weighted by atomic mass is 9.78. The van der Waals surface area contributed by atoms with Crippen LogP contribution in [0.5, 0.6) is 0 Å². The zero-order valence-corrected chi connectivity index (χ0v) is 12.9. The van der Waals surface area contributed by atoms with E-state index >= 15 is 0 Å². The molecule has 2 N–H and O–H groups in total. The summed E-state index contributed by atoms with van der Waals surface area (Å²) in [6.07, 6.45) is -8.28. The molecule has 0 bridgehead atoms. The molecule has 1 unspecified atom stereocenters. The maximum absolute atomic E-state index is 12.6. The van der Waals surface area contributed by atoms with Gasteiger partial charge in [-0.3, -0.25) is 0 Å². The summed E-state index contributed by atoms with van der Waals surface area (Å²) < 4.78 is 75.1. The zero-order valence-electron chi connectivity index (χ0n) is 11.2. The number of hydrogen-bond donors (Lipinski definition) is 1. The summed E-state index contributed by atoms with van der Waals surface area (Å²) in [6.45, 7) is 0. The van der Waals surface area contributed by atoms with E-state index in [0.717, 1.165) is 0 Å². The van der Waals surface area contributed by atoms with Crippen molar-refractivity contribution < 1.29 is 26.3 Å². The maximum Gasteiger partial charge on any atom is 0.443 e. The quantitative estimate of drug-likeness (QED) is 0.750. The standard InChI is InChI=1S/C12H14F6N2S.ClH/c13-11(14,15)7-3-1-6(2-4-7)9(19)8-5-21-10(20-8)12(16,17)18;/h5-7,9H,1-4,19H2;1H/t6-,7-,9?;. The van der Waals surface area contributed by atoms with E-state index in [1.807, 2.05) is 0 Å². The van der Waals surface area contributed by atoms with E-state index in [2.05, 4.69) is 4.98 Å². The second kappa shape index (κ2) is 6.92. The normalized spacial score (nSPS) is 24.7. The SMILES string of the molecule is Cl.NC(c1csc(C(F)(F)F)n1)[C@H]1CC[C@H](C(F)(F)F)CC1. The fourth-order valence-electron chi connectivity index (χ4n) is 2.62. The third kappa shape index (κ3) is 4.48. The molecule has 0 radical (unpaired) electrons. The molecular weight excluding hydrogens is 354 g/mol. The zero-order chi connectivity index (χ0) is 15.8. The van der Waals surface area contributed by atoms with Crippen LogP contribution in [-0.2, 0) is 6.18 Å². The van der Waals surface area contributed by atoms with Gasteiger partial charge in [0.2, 0.25) is 0 Å². The summed E-state index contributed by atoms with van der Waals surface area (Å²) in [4.78, 5) is 3.47. The molecule has 1 heterocycles. The van der Waals surface area contributed by atoms with Crippen molar-refractivity contribution in [3.8, 4) is 0 Å². The summed E-state index contributed by atoms with van der Waals surface area (Å²) in [5.41, 5.74) is 5.99. The lowest BCUT2D eigenvalue weighted by Crippen LogP contribution is -2.32. The number of halogens is 7. The number of alkyl halides is 6. The van der Waals surface area contributed by atoms with Gasteiger partial charge in [0.15, 0.2) is 5.01 Å². The lowest BCUT2D eigenvalue weighted by Gasteiger charge is -2.32. The van der Waals surface area contributed by atoms with Gasteiger partial charge in [-0.1, -0.05) is 0 Å². The molecule has 0 aromatic carbocycles. The second-order valence-corrected chi connectivity index (χ2v) is 6.11. The van der Waals surface area contributed by atoms with Crippen LogP contribution in [0.4, 0.5) is 26.3 Å². The lowest BCUT2D eigenvalue weighted by molar-refractivity contribution is -0.184. The Morgan fingerprint density at radius 1 is 1.09 bits per heavy atom. The van der Waals surface area contributed by atoms with Crippen molar-refractivity contribution in [2.75, 3.05) is 0 Å². The highest BCUT2D eigenvalue weighted by Crippen LogP contribution is 2.43. The Balaban J connectivity index is 0.00000242. The topological polar surface area (TPSA) is 38.9 Å². The highest BCUT2D eigenvalue weighted by molar-refractivity contribution is 7.09. The summed E-state index contributed by atoms with van der Waals surface area (Å²) in [7, 11) is 0. The first-order valence-electron chi connectivity index (χ1n) is 6.44. The minimum absolute atomic E-state index is 0. The fourth-order valence-corrected chi connectivity index (χ4v) is 3.35. The molecule has 1 aromatic rings. The third-order valence-electron chi connectivity index (χ3n) is 3.85. The van der Waals surface area contributed by atoms with Crippen molar-refractivity contribution in [2.45, 2.75) is 44.1 Å². The van der Waals surface area contributed by atoms with Crippen molar-refractivity contribution in [2.24, 2.45) is 17.6 Å². The Hall–Kier alpha value is -0.540. The summed E-state index contributed by atoms with van der Waals surface area (Å²) in [5.74, 6) is -1.59. The van der Waals surface area contributed by atoms with E-state index in [-0.39, 0.29) is 49.7 Å². The molecule has 1 atom stereocenters. The molecule has 0 saturated heterocycles. The second-order valence-electron chi connectivity index (χ2n) is 5.25. The highest BCUT2D eigenvalue weighted by Gasteiger charge is 2.43. The van der Waals surface area contributed by atoms with E-state index in [1.54, 1.807) is 0 Å². The molecule has 10 heteroatoms. The molecule has 22 heavy (non-hydrogen) atoms. The molecule has 1 fully saturated rings. The molecule has 0 spiro atoms. The van der Waals surface area contributed by atoms with Gasteiger partial charge in [-0.2, -0.15) is 26.3 Å². The maximum atomic E-state index is 12.6. The number of rotatable bonds is 2. The molecule has 128 valence electrons. The first-order chi connectivity index (χ1) is 9.59. The van der Waals surface area contributed by atoms with Crippen LogP contribution in [0.15, 0.2) is 5.38 Å². The van der Waals surface area contributed by atoms with Gasteiger partial charge < -0.3 is 5.73 Å². The molecule has 0 amide bonds. The van der Waals surface area contributed by atoms with Crippen LogP contribution in [0, 0.1) is 11.8 Å². The van der Waals surface area contributed by atoms with Crippen LogP contribution in [0.25, 0.3) is 0 Å². The van der Waals surface area contributed by atoms with Crippen molar-refractivity contribution >= 4 is 23.7 Å². The minimum atomic E-state index is -4.52. The van der Waals surface area contributed by atoms with Crippen molar-refractivity contribution in [1.29, 1.82) is 0 Å². The van der Waals surface area contributed by atoms with Crippen LogP contribution in [0.2, 0.25) is 0 Å². The van der Waals surface area contributed by atoms with Crippen LogP contribution < -0.4 is 5.73 Å². The van der Waals surface area contributed by atoms with E-state index in [0.29, 0.717) is 11.3 Å². The molecular formula is C12H15ClF6N2S. The van der Waals surface area contributed by atoms with Gasteiger partial charge >= 0.3 is 12.4 Å². The molecule has 1 aliphatic carbocycles. The van der Waals surface area contributed by atoms with Crippen molar-refractivity contribution in [3.05, 3.63) is 16.1 Å². The number of nitrogens with zero attached hydrogens (tertiary/aromatic N) is 1. The predicted octanol–water partition coefficient (Wildman–Crippen LogP) is 4.95. The fraction of sp³-hybridized carbons (Fsp3) is 0.750. The Labute approximate surface area is 133 Å². The van der Waals surface area contributed by atoms with E-state index < -0.39 is 29.3 Å². The number of nitrogens with two attached hydrogens (primary N) is 1. The largest absolute Gasteiger partial charge is 0.443 e. The first-order valence-corrected chi connectivity index (χ1v) is 7.32. The number of aromatic nitrogens is 1. The van der Waals surface area contributed by atoms with Gasteiger partial charge in [-0.15, -0.1) is 23.7 Å². The van der Waals surface area contributed by atoms with Gasteiger partial charge in [0.1, 0.15) is 0 Å². The van der Waals surface area contributed by atoms with Gasteiger partial charge in [0.05, 0.1) is 17.7 Å². The average molecular weight is 369 g/mol. The number of thiazole rings is 1. The molecule has 1 aliphatic rings. The van der Waals surface area contributed by atoms with Gasteiger partial charge in [-0.05, 0) is 31.6 Å². The van der Waals surface area contributed by atoms with Crippen molar-refractivity contribution in [1.82, 2.24) is 4.98 Å². The van der Waals surface area contributed by atoms with E-state index in [1.165, 1.54) is 5.38 Å². The Morgan fingerprint density at radius 3 is 2.05 bits per heavy atom. The van der Waals surface area contributed by atoms with E-state index in [4.69, 9.17) is 5.73 Å². The molecule has 2 rings (SSSR count). The monoisotopic (exact) mass is 368 g/mol. The van der Waals surface area contributed by atoms with Crippen LogP contribution in [0.3, 0.4) is 0 Å². The van der Waals surface area contributed by atoms with Gasteiger partial charge in [0.25, 0.3) is 0 Å². The van der Waals surface area contributed by atoms with Crippen LogP contribution in [0.1, 0.15) is 42.4 Å². The molecule has 0 aliphatic heterocycles. The van der Waals surface area contributed by atoms with Crippen molar-refractivity contribution in [3.63, 3.8) is 0 Å². The van der Waals surface area contributed by atoms with Gasteiger partial charge in [0, 0.05) is 5.38 Å². The summed E-state index contributed by atoms with van der Waals surface area (Å²) in [5, 5.41) is 0.264.